The number of carbonyl (C=O) groups excluding carboxylic acids is 1. The van der Waals surface area contributed by atoms with Gasteiger partial charge in [-0.15, -0.1) is 0 Å². The number of hydrazine groups is 1. The molecule has 0 bridgehead atoms. The maximum Gasteiger partial charge on any atom is 0.254 e. The fraction of sp³-hybridized carbons (Fsp3) is 0.267. The lowest BCUT2D eigenvalue weighted by atomic mass is 10.1. The number of anilines is 1. The van der Waals surface area contributed by atoms with Gasteiger partial charge >= 0.3 is 0 Å². The molecule has 1 heterocycles. The molecule has 0 saturated heterocycles. The van der Waals surface area contributed by atoms with Crippen LogP contribution in [0.1, 0.15) is 40.4 Å². The van der Waals surface area contributed by atoms with Crippen LogP contribution in [0, 0.1) is 13.8 Å². The monoisotopic (exact) mass is 273 g/mol. The lowest BCUT2D eigenvalue weighted by Gasteiger charge is -2.14. The highest BCUT2D eigenvalue weighted by Crippen LogP contribution is 2.19. The van der Waals surface area contributed by atoms with Gasteiger partial charge in [0.15, 0.2) is 0 Å². The second kappa shape index (κ2) is 5.79. The van der Waals surface area contributed by atoms with Crippen LogP contribution in [-0.4, -0.2) is 5.91 Å². The Bertz CT molecular complexity index is 619. The van der Waals surface area contributed by atoms with Crippen LogP contribution in [0.25, 0.3) is 0 Å². The van der Waals surface area contributed by atoms with Crippen molar-refractivity contribution in [3.63, 3.8) is 0 Å². The average Bonchev–Trinajstić information content (AvgIpc) is 2.85. The van der Waals surface area contributed by atoms with Crippen molar-refractivity contribution in [2.45, 2.75) is 26.8 Å². The van der Waals surface area contributed by atoms with Crippen LogP contribution in [0.3, 0.4) is 0 Å². The van der Waals surface area contributed by atoms with Crippen LogP contribution in [0.15, 0.2) is 34.7 Å². The molecule has 1 amide bonds. The standard InChI is InChI=1S/C15H19N3O2/c1-9-4-6-13(18-16)12(8-9)15(19)17-11(3)14-7-5-10(2)20-14/h4-8,11,18H,16H2,1-3H3,(H,17,19). The van der Waals surface area contributed by atoms with Crippen LogP contribution in [-0.2, 0) is 0 Å². The van der Waals surface area contributed by atoms with Crippen molar-refractivity contribution in [2.75, 3.05) is 5.43 Å². The molecule has 0 aliphatic carbocycles. The van der Waals surface area contributed by atoms with E-state index in [2.05, 4.69) is 10.7 Å². The molecule has 0 aliphatic rings. The highest BCUT2D eigenvalue weighted by atomic mass is 16.3. The van der Waals surface area contributed by atoms with E-state index in [1.165, 1.54) is 0 Å². The molecule has 1 atom stereocenters. The van der Waals surface area contributed by atoms with Gasteiger partial charge in [0.05, 0.1) is 17.3 Å². The van der Waals surface area contributed by atoms with E-state index in [0.717, 1.165) is 17.1 Å². The summed E-state index contributed by atoms with van der Waals surface area (Å²) < 4.78 is 5.51. The van der Waals surface area contributed by atoms with E-state index in [1.807, 2.05) is 39.0 Å². The van der Waals surface area contributed by atoms with Crippen molar-refractivity contribution < 1.29 is 9.21 Å². The summed E-state index contributed by atoms with van der Waals surface area (Å²) in [6.07, 6.45) is 0. The molecule has 1 unspecified atom stereocenters. The summed E-state index contributed by atoms with van der Waals surface area (Å²) >= 11 is 0. The maximum atomic E-state index is 12.3. The van der Waals surface area contributed by atoms with Gasteiger partial charge in [-0.1, -0.05) is 11.6 Å². The number of hydrogen-bond donors (Lipinski definition) is 3. The summed E-state index contributed by atoms with van der Waals surface area (Å²) in [6, 6.07) is 9.00. The quantitative estimate of drug-likeness (QED) is 0.591. The molecule has 0 fully saturated rings. The Kier molecular flexibility index (Phi) is 4.10. The normalized spacial score (nSPS) is 12.0. The van der Waals surface area contributed by atoms with E-state index in [9.17, 15) is 4.79 Å². The van der Waals surface area contributed by atoms with E-state index < -0.39 is 0 Å². The smallest absolute Gasteiger partial charge is 0.254 e. The minimum absolute atomic E-state index is 0.191. The van der Waals surface area contributed by atoms with Crippen molar-refractivity contribution in [3.05, 3.63) is 53.0 Å². The van der Waals surface area contributed by atoms with Crippen LogP contribution in [0.5, 0.6) is 0 Å². The molecule has 0 radical (unpaired) electrons. The number of hydrogen-bond acceptors (Lipinski definition) is 4. The molecule has 0 saturated carbocycles. The second-order valence-electron chi connectivity index (χ2n) is 4.84. The number of nitrogens with two attached hydrogens (primary N) is 1. The number of benzene rings is 1. The minimum Gasteiger partial charge on any atom is -0.464 e. The third kappa shape index (κ3) is 3.00. The van der Waals surface area contributed by atoms with E-state index in [-0.39, 0.29) is 11.9 Å². The first-order valence-electron chi connectivity index (χ1n) is 6.45. The summed E-state index contributed by atoms with van der Waals surface area (Å²) in [6.45, 7) is 5.67. The van der Waals surface area contributed by atoms with Crippen LogP contribution >= 0.6 is 0 Å². The van der Waals surface area contributed by atoms with Crippen molar-refractivity contribution in [3.8, 4) is 0 Å². The molecule has 0 spiro atoms. The largest absolute Gasteiger partial charge is 0.464 e. The second-order valence-corrected chi connectivity index (χ2v) is 4.84. The molecule has 4 N–H and O–H groups in total. The maximum absolute atomic E-state index is 12.3. The number of rotatable bonds is 4. The predicted molar refractivity (Wildman–Crippen MR) is 78.3 cm³/mol. The fourth-order valence-electron chi connectivity index (χ4n) is 2.00. The molecule has 20 heavy (non-hydrogen) atoms. The van der Waals surface area contributed by atoms with E-state index in [4.69, 9.17) is 10.3 Å². The molecule has 1 aromatic heterocycles. The van der Waals surface area contributed by atoms with Gasteiger partial charge in [0.25, 0.3) is 5.91 Å². The van der Waals surface area contributed by atoms with E-state index in [1.54, 1.807) is 12.1 Å². The molecule has 2 rings (SSSR count). The predicted octanol–water partition coefficient (Wildman–Crippen LogP) is 2.67. The van der Waals surface area contributed by atoms with Gasteiger partial charge in [-0.05, 0) is 45.0 Å². The molecule has 1 aromatic carbocycles. The summed E-state index contributed by atoms with van der Waals surface area (Å²) in [7, 11) is 0. The Balaban J connectivity index is 2.18. The number of carbonyl (C=O) groups is 1. The van der Waals surface area contributed by atoms with Crippen molar-refractivity contribution in [1.29, 1.82) is 0 Å². The van der Waals surface area contributed by atoms with Gasteiger partial charge in [-0.25, -0.2) is 0 Å². The first-order valence-corrected chi connectivity index (χ1v) is 6.45. The molecule has 5 heteroatoms. The Morgan fingerprint density at radius 2 is 2.00 bits per heavy atom. The van der Waals surface area contributed by atoms with Gasteiger partial charge in [0.2, 0.25) is 0 Å². The van der Waals surface area contributed by atoms with Crippen LogP contribution in [0.4, 0.5) is 5.69 Å². The summed E-state index contributed by atoms with van der Waals surface area (Å²) in [5.41, 5.74) is 4.64. The van der Waals surface area contributed by atoms with Crippen molar-refractivity contribution in [1.82, 2.24) is 5.32 Å². The Morgan fingerprint density at radius 1 is 1.25 bits per heavy atom. The molecule has 5 nitrogen and oxygen atoms in total. The minimum atomic E-state index is -0.206. The average molecular weight is 273 g/mol. The number of nitrogens with one attached hydrogen (secondary N) is 2. The number of furan rings is 1. The van der Waals surface area contributed by atoms with Gasteiger partial charge < -0.3 is 15.2 Å². The van der Waals surface area contributed by atoms with Gasteiger partial charge in [-0.2, -0.15) is 0 Å². The SMILES string of the molecule is Cc1ccc(NN)c(C(=O)NC(C)c2ccc(C)o2)c1. The highest BCUT2D eigenvalue weighted by Gasteiger charge is 2.16. The van der Waals surface area contributed by atoms with E-state index >= 15 is 0 Å². The molecule has 106 valence electrons. The van der Waals surface area contributed by atoms with Gasteiger partial charge in [0.1, 0.15) is 11.5 Å². The third-order valence-corrected chi connectivity index (χ3v) is 3.11. The third-order valence-electron chi connectivity index (χ3n) is 3.11. The summed E-state index contributed by atoms with van der Waals surface area (Å²) in [5, 5.41) is 2.90. The lowest BCUT2D eigenvalue weighted by Crippen LogP contribution is -2.27. The topological polar surface area (TPSA) is 80.3 Å². The number of aryl methyl sites for hydroxylation is 2. The summed E-state index contributed by atoms with van der Waals surface area (Å²) in [5.74, 6) is 6.79. The fourth-order valence-corrected chi connectivity index (χ4v) is 2.00. The number of nitrogen functional groups attached to an aromatic ring is 1. The Labute approximate surface area is 118 Å². The first-order chi connectivity index (χ1) is 9.51. The molecular weight excluding hydrogens is 254 g/mol. The van der Waals surface area contributed by atoms with Crippen LogP contribution in [0.2, 0.25) is 0 Å². The first kappa shape index (κ1) is 14.1. The zero-order valence-corrected chi connectivity index (χ0v) is 11.9. The highest BCUT2D eigenvalue weighted by molar-refractivity contribution is 5.99. The van der Waals surface area contributed by atoms with Gasteiger partial charge in [-0.3, -0.25) is 10.6 Å². The zero-order valence-electron chi connectivity index (χ0n) is 11.9. The van der Waals surface area contributed by atoms with Crippen LogP contribution < -0.4 is 16.6 Å². The molecule has 0 aliphatic heterocycles. The van der Waals surface area contributed by atoms with Gasteiger partial charge in [0, 0.05) is 0 Å². The Morgan fingerprint density at radius 3 is 2.60 bits per heavy atom. The van der Waals surface area contributed by atoms with Crippen molar-refractivity contribution in [2.24, 2.45) is 5.84 Å². The summed E-state index contributed by atoms with van der Waals surface area (Å²) in [4.78, 5) is 12.3. The molecular formula is C15H19N3O2. The Hall–Kier alpha value is -2.27. The van der Waals surface area contributed by atoms with E-state index in [0.29, 0.717) is 11.3 Å². The molecule has 2 aromatic rings. The van der Waals surface area contributed by atoms with Crippen molar-refractivity contribution >= 4 is 11.6 Å². The lowest BCUT2D eigenvalue weighted by molar-refractivity contribution is 0.0936. The zero-order chi connectivity index (χ0) is 14.7. The number of amides is 1.